The van der Waals surface area contributed by atoms with Crippen molar-refractivity contribution in [2.24, 2.45) is 0 Å². The first-order valence-corrected chi connectivity index (χ1v) is 16.9. The highest BCUT2D eigenvalue weighted by molar-refractivity contribution is 7.26. The van der Waals surface area contributed by atoms with Crippen molar-refractivity contribution in [2.45, 2.75) is 0 Å². The van der Waals surface area contributed by atoms with Gasteiger partial charge in [-0.25, -0.2) is 15.0 Å². The van der Waals surface area contributed by atoms with Gasteiger partial charge in [-0.3, -0.25) is 0 Å². The number of fused-ring (bicyclic) bond motifs is 6. The van der Waals surface area contributed by atoms with Gasteiger partial charge in [-0.1, -0.05) is 139 Å². The Morgan fingerprint density at radius 1 is 0.460 bits per heavy atom. The van der Waals surface area contributed by atoms with Crippen molar-refractivity contribution in [1.82, 2.24) is 19.5 Å². The van der Waals surface area contributed by atoms with Crippen LogP contribution in [0.15, 0.2) is 170 Å². The number of benzene rings is 7. The first kappa shape index (κ1) is 22.3. The Hall–Kier alpha value is -6.43. The molecule has 3 aromatic heterocycles. The van der Waals surface area contributed by atoms with Crippen molar-refractivity contribution in [1.29, 1.82) is 0 Å². The lowest BCUT2D eigenvalue weighted by Gasteiger charge is -2.16. The van der Waals surface area contributed by atoms with E-state index in [0.717, 1.165) is 42.4 Å². The van der Waals surface area contributed by atoms with E-state index in [1.165, 1.54) is 12.1 Å². The molecule has 7 aromatic carbocycles. The minimum absolute atomic E-state index is 0.0607. The lowest BCUT2D eigenvalue weighted by Crippen LogP contribution is -2.04. The van der Waals surface area contributed by atoms with E-state index in [1.807, 2.05) is 103 Å². The Bertz CT molecular complexity index is 3140. The van der Waals surface area contributed by atoms with Crippen LogP contribution >= 0.6 is 11.3 Å². The summed E-state index contributed by atoms with van der Waals surface area (Å²) in [6, 6.07) is 39.1. The molecule has 4 nitrogen and oxygen atoms in total. The number of aromatic nitrogens is 4. The van der Waals surface area contributed by atoms with Gasteiger partial charge < -0.3 is 4.57 Å². The maximum Gasteiger partial charge on any atom is 0.166 e. The summed E-state index contributed by atoms with van der Waals surface area (Å²) in [5, 5.41) is 2.37. The average molecular weight is 664 g/mol. The van der Waals surface area contributed by atoms with Crippen LogP contribution in [-0.4, -0.2) is 19.5 Å². The topological polar surface area (TPSA) is 43.6 Å². The van der Waals surface area contributed by atoms with Crippen molar-refractivity contribution < 1.29 is 9.60 Å². The van der Waals surface area contributed by atoms with E-state index in [2.05, 4.69) is 6.07 Å². The van der Waals surface area contributed by atoms with Gasteiger partial charge in [-0.05, 0) is 41.4 Å². The normalized spacial score (nSPS) is 13.6. The van der Waals surface area contributed by atoms with Crippen molar-refractivity contribution >= 4 is 53.3 Å². The number of para-hydroxylation sites is 2. The maximum absolute atomic E-state index is 9.18. The first-order valence-electron chi connectivity index (χ1n) is 19.6. The van der Waals surface area contributed by atoms with E-state index >= 15 is 0 Å². The second-order valence-corrected chi connectivity index (χ2v) is 12.9. The highest BCUT2D eigenvalue weighted by Crippen LogP contribution is 2.42. The van der Waals surface area contributed by atoms with Crippen LogP contribution in [0.4, 0.5) is 0 Å². The van der Waals surface area contributed by atoms with E-state index in [9.17, 15) is 2.74 Å². The lowest BCUT2D eigenvalue weighted by molar-refractivity contribution is 1.06. The molecule has 10 rings (SSSR count). The molecule has 0 atom stereocenters. The van der Waals surface area contributed by atoms with Gasteiger partial charge in [-0.15, -0.1) is 11.3 Å². The Labute approximate surface area is 302 Å². The molecule has 5 heteroatoms. The molecule has 0 saturated carbocycles. The quantitative estimate of drug-likeness (QED) is 0.184. The summed E-state index contributed by atoms with van der Waals surface area (Å²) in [5.74, 6) is 1.19. The molecule has 10 aromatic rings. The Morgan fingerprint density at radius 3 is 1.76 bits per heavy atom. The number of hydrogen-bond acceptors (Lipinski definition) is 4. The molecule has 0 bridgehead atoms. The average Bonchev–Trinajstić information content (AvgIpc) is 3.81. The summed E-state index contributed by atoms with van der Waals surface area (Å²) in [6.45, 7) is 0. The SMILES string of the molecule is [2H]c1cc([2H])c2c(c1[2H])c1c([2H])c([2H])cc([2H])c1n2-c1ccc(-c2cccc3c2sc2c([2H])cccc23)cc1-c1nc(-c2ccccc2)nc(-c2ccccc2)n1. The molecule has 0 N–H and O–H groups in total. The van der Waals surface area contributed by atoms with Crippen LogP contribution < -0.4 is 0 Å². The molecule has 50 heavy (non-hydrogen) atoms. The second-order valence-electron chi connectivity index (χ2n) is 11.9. The Balaban J connectivity index is 1.35. The van der Waals surface area contributed by atoms with Gasteiger partial charge in [0.05, 0.1) is 26.3 Å². The van der Waals surface area contributed by atoms with Crippen molar-refractivity contribution in [3.8, 4) is 51.0 Å². The van der Waals surface area contributed by atoms with Gasteiger partial charge in [0.15, 0.2) is 17.5 Å². The fraction of sp³-hybridized carbons (Fsp3) is 0. The smallest absolute Gasteiger partial charge is 0.166 e. The maximum atomic E-state index is 9.18. The van der Waals surface area contributed by atoms with Crippen LogP contribution in [0.2, 0.25) is 0 Å². The summed E-state index contributed by atoms with van der Waals surface area (Å²) >= 11 is 1.57. The van der Waals surface area contributed by atoms with E-state index < -0.39 is 0 Å². The summed E-state index contributed by atoms with van der Waals surface area (Å²) in [7, 11) is 0. The Morgan fingerprint density at radius 2 is 1.08 bits per heavy atom. The highest BCUT2D eigenvalue weighted by Gasteiger charge is 2.21. The largest absolute Gasteiger partial charge is 0.309 e. The molecule has 234 valence electrons. The van der Waals surface area contributed by atoms with Gasteiger partial charge in [0.2, 0.25) is 0 Å². The number of hydrogen-bond donors (Lipinski definition) is 0. The molecule has 0 radical (unpaired) electrons. The lowest BCUT2D eigenvalue weighted by atomic mass is 9.99. The zero-order valence-corrected chi connectivity index (χ0v) is 27.1. The molecule has 0 fully saturated rings. The van der Waals surface area contributed by atoms with Gasteiger partial charge in [0, 0.05) is 47.6 Å². The monoisotopic (exact) mass is 663 g/mol. The summed E-state index contributed by atoms with van der Waals surface area (Å²) in [6.07, 6.45) is 0. The van der Waals surface area contributed by atoms with E-state index in [-0.39, 0.29) is 58.1 Å². The molecule has 0 aliphatic rings. The fourth-order valence-corrected chi connectivity index (χ4v) is 7.87. The van der Waals surface area contributed by atoms with Gasteiger partial charge >= 0.3 is 0 Å². The standard InChI is InChI=1S/C45H28N4S/c1-3-14-29(15-4-1)43-46-44(30-16-5-2-6-17-30)48-45(47-43)37-28-31(32-21-13-22-36-35-20-9-12-25-41(35)50-42(32)36)26-27-40(37)49-38-23-10-7-18-33(38)34-19-8-11-24-39(34)49/h1-28H/i7D,8D,18D,19D,23D,24D,25D. The second kappa shape index (κ2) is 11.6. The molecule has 0 aliphatic carbocycles. The molecule has 0 amide bonds. The zero-order chi connectivity index (χ0) is 39.1. The third-order valence-electron chi connectivity index (χ3n) is 8.94. The summed E-state index contributed by atoms with van der Waals surface area (Å²) in [5.41, 5.74) is 4.82. The van der Waals surface area contributed by atoms with Gasteiger partial charge in [-0.2, -0.15) is 0 Å². The van der Waals surface area contributed by atoms with Crippen molar-refractivity contribution in [3.05, 3.63) is 170 Å². The van der Waals surface area contributed by atoms with Gasteiger partial charge in [0.1, 0.15) is 0 Å². The van der Waals surface area contributed by atoms with Crippen LogP contribution in [0.5, 0.6) is 0 Å². The van der Waals surface area contributed by atoms with Gasteiger partial charge in [0.25, 0.3) is 0 Å². The van der Waals surface area contributed by atoms with Crippen LogP contribution in [0.25, 0.3) is 93.0 Å². The Kier molecular flexibility index (Phi) is 5.17. The first-order chi connectivity index (χ1) is 27.7. The van der Waals surface area contributed by atoms with E-state index in [4.69, 9.17) is 21.8 Å². The van der Waals surface area contributed by atoms with E-state index in [1.54, 1.807) is 22.0 Å². The molecular weight excluding hydrogens is 629 g/mol. The third-order valence-corrected chi connectivity index (χ3v) is 10.1. The van der Waals surface area contributed by atoms with Crippen molar-refractivity contribution in [3.63, 3.8) is 0 Å². The predicted octanol–water partition coefficient (Wildman–Crippen LogP) is 12.0. The molecule has 0 spiro atoms. The predicted molar refractivity (Wildman–Crippen MR) is 209 cm³/mol. The molecule has 0 unspecified atom stereocenters. The van der Waals surface area contributed by atoms with Crippen LogP contribution in [-0.2, 0) is 0 Å². The third kappa shape index (κ3) is 4.63. The molecule has 0 saturated heterocycles. The van der Waals surface area contributed by atoms with Crippen LogP contribution in [0, 0.1) is 0 Å². The van der Waals surface area contributed by atoms with Crippen molar-refractivity contribution in [2.75, 3.05) is 0 Å². The minimum Gasteiger partial charge on any atom is -0.309 e. The minimum atomic E-state index is -0.190. The number of nitrogens with zero attached hydrogens (tertiary/aromatic N) is 4. The van der Waals surface area contributed by atoms with Crippen LogP contribution in [0.3, 0.4) is 0 Å². The molecule has 0 aliphatic heterocycles. The number of thiophene rings is 1. The zero-order valence-electron chi connectivity index (χ0n) is 33.3. The summed E-state index contributed by atoms with van der Waals surface area (Å²) < 4.78 is 65.6. The fourth-order valence-electron chi connectivity index (χ4n) is 6.67. The van der Waals surface area contributed by atoms with Crippen LogP contribution in [0.1, 0.15) is 9.60 Å². The summed E-state index contributed by atoms with van der Waals surface area (Å²) in [4.78, 5) is 15.1. The van der Waals surface area contributed by atoms with E-state index in [0.29, 0.717) is 34.8 Å². The molecule has 3 heterocycles. The highest BCUT2D eigenvalue weighted by atomic mass is 32.1. The number of rotatable bonds is 5. The molecular formula is C45H28N4S.